The molecule has 2 heterocycles. The fraction of sp³-hybridized carbons (Fsp3) is 0.100. The average Bonchev–Trinajstić information content (AvgIpc) is 3.14. The molecule has 2 nitrogen and oxygen atoms in total. The number of benzene rings is 6. The van der Waals surface area contributed by atoms with E-state index in [-0.39, 0.29) is 6.71 Å². The average molecular weight is 681 g/mol. The van der Waals surface area contributed by atoms with Gasteiger partial charge in [-0.2, -0.15) is 0 Å². The van der Waals surface area contributed by atoms with Crippen LogP contribution in [-0.2, 0) is 0 Å². The molecule has 8 rings (SSSR count). The minimum Gasteiger partial charge on any atom is -0.311 e. The smallest absolute Gasteiger partial charge is 0.252 e. The van der Waals surface area contributed by atoms with Crippen LogP contribution >= 0.6 is 47.0 Å². The predicted octanol–water partition coefficient (Wildman–Crippen LogP) is 10.3. The van der Waals surface area contributed by atoms with E-state index in [9.17, 15) is 0 Å². The summed E-state index contributed by atoms with van der Waals surface area (Å²) in [7, 11) is 0. The lowest BCUT2D eigenvalue weighted by Crippen LogP contribution is -2.61. The van der Waals surface area contributed by atoms with Gasteiger partial charge in [0.25, 0.3) is 6.71 Å². The van der Waals surface area contributed by atoms with Crippen LogP contribution in [0.5, 0.6) is 0 Å². The maximum Gasteiger partial charge on any atom is 0.252 e. The van der Waals surface area contributed by atoms with Crippen LogP contribution in [0.25, 0.3) is 11.1 Å². The third kappa shape index (κ3) is 5.28. The molecule has 0 radical (unpaired) electrons. The summed E-state index contributed by atoms with van der Waals surface area (Å²) < 4.78 is 0. The van der Waals surface area contributed by atoms with E-state index < -0.39 is 0 Å². The highest BCUT2D eigenvalue weighted by molar-refractivity contribution is 7.99. The lowest BCUT2D eigenvalue weighted by Gasteiger charge is -2.44. The molecular weight excluding hydrogens is 648 g/mol. The molecule has 47 heavy (non-hydrogen) atoms. The topological polar surface area (TPSA) is 6.48 Å². The van der Waals surface area contributed by atoms with Gasteiger partial charge in [0.15, 0.2) is 0 Å². The van der Waals surface area contributed by atoms with Crippen LogP contribution in [-0.4, -0.2) is 31.7 Å². The minimum absolute atomic E-state index is 0.0949. The molecule has 0 fully saturated rings. The van der Waals surface area contributed by atoms with Crippen LogP contribution < -0.4 is 26.2 Å². The minimum atomic E-state index is 0.0949. The Hall–Kier alpha value is -3.62. The van der Waals surface area contributed by atoms with Gasteiger partial charge in [0.05, 0.1) is 0 Å². The molecule has 0 amide bonds. The first-order valence-electron chi connectivity index (χ1n) is 15.6. The molecule has 2 aliphatic heterocycles. The van der Waals surface area contributed by atoms with Crippen LogP contribution in [0.3, 0.4) is 0 Å². The summed E-state index contributed by atoms with van der Waals surface area (Å²) >= 11 is 7.18. The summed E-state index contributed by atoms with van der Waals surface area (Å²) in [6, 6.07) is 47.9. The molecule has 230 valence electrons. The van der Waals surface area contributed by atoms with E-state index in [4.69, 9.17) is 0 Å². The van der Waals surface area contributed by atoms with Gasteiger partial charge in [-0.25, -0.2) is 0 Å². The number of fused-ring (bicyclic) bond motifs is 4. The van der Waals surface area contributed by atoms with Crippen molar-refractivity contribution in [3.63, 3.8) is 0 Å². The van der Waals surface area contributed by atoms with E-state index in [2.05, 4.69) is 162 Å². The number of hydrogen-bond donors (Lipinski definition) is 0. The van der Waals surface area contributed by atoms with Gasteiger partial charge in [-0.05, 0) is 137 Å². The zero-order valence-corrected chi connectivity index (χ0v) is 30.0. The van der Waals surface area contributed by atoms with Gasteiger partial charge < -0.3 is 9.80 Å². The Bertz CT molecular complexity index is 1970. The van der Waals surface area contributed by atoms with Gasteiger partial charge in [0, 0.05) is 53.7 Å². The third-order valence-corrected chi connectivity index (χ3v) is 12.2. The summed E-state index contributed by atoms with van der Waals surface area (Å²) in [4.78, 5) is 10.1. The molecule has 2 aliphatic rings. The molecule has 0 saturated carbocycles. The number of anilines is 6. The van der Waals surface area contributed by atoms with Crippen LogP contribution in [0.2, 0.25) is 0 Å². The standard InChI is InChI=1S/C40H33BN2S4/c1-44-30-14-10-28(11-15-30)42-36-20-18-32(46-3)24-34(36)41-35-25-33(47-4)19-21-37(35)43(29-12-16-31(45-2)17-13-29)39-23-27(22-38(42)40(39)41)26-8-6-5-7-9-26/h5-25H,1-4H3. The summed E-state index contributed by atoms with van der Waals surface area (Å²) in [5, 5.41) is 0. The van der Waals surface area contributed by atoms with E-state index in [1.165, 1.54) is 81.2 Å². The monoisotopic (exact) mass is 680 g/mol. The second-order valence-electron chi connectivity index (χ2n) is 11.6. The van der Waals surface area contributed by atoms with Crippen molar-refractivity contribution >= 4 is 104 Å². The lowest BCUT2D eigenvalue weighted by atomic mass is 9.33. The Morgan fingerprint density at radius 1 is 0.404 bits per heavy atom. The summed E-state index contributed by atoms with van der Waals surface area (Å²) in [6.07, 6.45) is 8.63. The van der Waals surface area contributed by atoms with Gasteiger partial charge in [0.1, 0.15) is 0 Å². The summed E-state index contributed by atoms with van der Waals surface area (Å²) in [6.45, 7) is 0.0949. The zero-order chi connectivity index (χ0) is 32.1. The first-order chi connectivity index (χ1) is 23.1. The maximum atomic E-state index is 2.50. The van der Waals surface area contributed by atoms with E-state index >= 15 is 0 Å². The normalized spacial score (nSPS) is 12.9. The molecule has 7 heteroatoms. The fourth-order valence-corrected chi connectivity index (χ4v) is 8.75. The molecule has 0 aliphatic carbocycles. The van der Waals surface area contributed by atoms with Crippen molar-refractivity contribution in [1.29, 1.82) is 0 Å². The zero-order valence-electron chi connectivity index (χ0n) is 26.7. The van der Waals surface area contributed by atoms with Crippen molar-refractivity contribution in [3.8, 4) is 11.1 Å². The van der Waals surface area contributed by atoms with Crippen LogP contribution in [0, 0.1) is 0 Å². The van der Waals surface area contributed by atoms with Crippen LogP contribution in [0.4, 0.5) is 34.1 Å². The molecule has 0 N–H and O–H groups in total. The van der Waals surface area contributed by atoms with Gasteiger partial charge in [-0.3, -0.25) is 0 Å². The highest BCUT2D eigenvalue weighted by atomic mass is 32.2. The number of rotatable bonds is 7. The lowest BCUT2D eigenvalue weighted by molar-refractivity contribution is 1.23. The molecule has 0 aromatic heterocycles. The third-order valence-electron chi connectivity index (χ3n) is 9.25. The van der Waals surface area contributed by atoms with Gasteiger partial charge in [-0.15, -0.1) is 47.0 Å². The molecule has 0 atom stereocenters. The number of thioether (sulfide) groups is 4. The first kappa shape index (κ1) is 30.7. The van der Waals surface area contributed by atoms with Gasteiger partial charge >= 0.3 is 0 Å². The SMILES string of the molecule is CSc1ccc(N2c3ccc(SC)cc3B3c4cc(SC)ccc4N(c4ccc(SC)cc4)c4cc(-c5ccccc5)cc2c43)cc1. The number of nitrogens with zero attached hydrogens (tertiary/aromatic N) is 2. The van der Waals surface area contributed by atoms with E-state index in [0.717, 1.165) is 0 Å². The van der Waals surface area contributed by atoms with Crippen molar-refractivity contribution in [3.05, 3.63) is 127 Å². The van der Waals surface area contributed by atoms with Crippen molar-refractivity contribution < 1.29 is 0 Å². The van der Waals surface area contributed by atoms with Crippen LogP contribution in [0.1, 0.15) is 0 Å². The van der Waals surface area contributed by atoms with E-state index in [1.807, 2.05) is 23.5 Å². The van der Waals surface area contributed by atoms with Crippen LogP contribution in [0.15, 0.2) is 147 Å². The Kier molecular flexibility index (Phi) is 8.34. The second-order valence-corrected chi connectivity index (χ2v) is 15.2. The Labute approximate surface area is 295 Å². The van der Waals surface area contributed by atoms with Crippen molar-refractivity contribution in [2.75, 3.05) is 34.8 Å². The second kappa shape index (κ2) is 12.8. The Morgan fingerprint density at radius 3 is 1.26 bits per heavy atom. The maximum absolute atomic E-state index is 2.50. The molecule has 0 spiro atoms. The van der Waals surface area contributed by atoms with Crippen molar-refractivity contribution in [1.82, 2.24) is 0 Å². The van der Waals surface area contributed by atoms with Crippen molar-refractivity contribution in [2.24, 2.45) is 0 Å². The molecule has 0 unspecified atom stereocenters. The quantitative estimate of drug-likeness (QED) is 0.121. The molecule has 0 bridgehead atoms. The Balaban J connectivity index is 1.49. The Morgan fingerprint density at radius 2 is 0.830 bits per heavy atom. The fourth-order valence-electron chi connectivity index (χ4n) is 7.03. The molecule has 6 aromatic carbocycles. The molecular formula is C40H33BN2S4. The molecule has 6 aromatic rings. The first-order valence-corrected chi connectivity index (χ1v) is 20.5. The highest BCUT2D eigenvalue weighted by Crippen LogP contribution is 2.46. The highest BCUT2D eigenvalue weighted by Gasteiger charge is 2.43. The molecule has 0 saturated heterocycles. The summed E-state index contributed by atoms with van der Waals surface area (Å²) in [5.74, 6) is 0. The summed E-state index contributed by atoms with van der Waals surface area (Å²) in [5.41, 5.74) is 13.8. The largest absolute Gasteiger partial charge is 0.311 e. The number of hydrogen-bond acceptors (Lipinski definition) is 6. The predicted molar refractivity (Wildman–Crippen MR) is 213 cm³/mol. The van der Waals surface area contributed by atoms with Gasteiger partial charge in [-0.1, -0.05) is 42.5 Å². The van der Waals surface area contributed by atoms with Crippen molar-refractivity contribution in [2.45, 2.75) is 19.6 Å². The van der Waals surface area contributed by atoms with E-state index in [1.54, 1.807) is 23.5 Å². The van der Waals surface area contributed by atoms with Gasteiger partial charge in [0.2, 0.25) is 0 Å². The van der Waals surface area contributed by atoms with E-state index in [0.29, 0.717) is 0 Å².